The lowest BCUT2D eigenvalue weighted by atomic mass is 10.1. The Labute approximate surface area is 121 Å². The molecule has 1 unspecified atom stereocenters. The van der Waals surface area contributed by atoms with Gasteiger partial charge in [0, 0.05) is 34.1 Å². The van der Waals surface area contributed by atoms with Crippen LogP contribution in [0.25, 0.3) is 10.4 Å². The molecule has 1 atom stereocenters. The van der Waals surface area contributed by atoms with Crippen molar-refractivity contribution in [3.8, 4) is 0 Å². The Hall–Kier alpha value is -1.41. The molecule has 1 aliphatic heterocycles. The highest BCUT2D eigenvalue weighted by molar-refractivity contribution is 14.1. The minimum absolute atomic E-state index is 0.0904. The zero-order chi connectivity index (χ0) is 14.0. The van der Waals surface area contributed by atoms with E-state index in [2.05, 4.69) is 10.0 Å². The van der Waals surface area contributed by atoms with Crippen molar-refractivity contribution in [3.63, 3.8) is 0 Å². The number of azide groups is 1. The fourth-order valence-corrected chi connectivity index (χ4v) is 2.73. The summed E-state index contributed by atoms with van der Waals surface area (Å²) in [6, 6.07) is 2.07. The highest BCUT2D eigenvalue weighted by atomic mass is 127. The zero-order valence-electron chi connectivity index (χ0n) is 9.68. The lowest BCUT2D eigenvalue weighted by Gasteiger charge is -2.18. The van der Waals surface area contributed by atoms with E-state index < -0.39 is 11.6 Å². The van der Waals surface area contributed by atoms with Crippen molar-refractivity contribution in [3.05, 3.63) is 37.8 Å². The number of carbonyl (C=O) groups excluding carboxylic acids is 1. The molecule has 0 aromatic heterocycles. The number of hydrogen-bond acceptors (Lipinski definition) is 2. The molecule has 1 aromatic rings. The summed E-state index contributed by atoms with van der Waals surface area (Å²) in [4.78, 5) is 15.9. The van der Waals surface area contributed by atoms with Crippen LogP contribution in [0, 0.1) is 21.1 Å². The van der Waals surface area contributed by atoms with E-state index in [0.29, 0.717) is 15.8 Å². The van der Waals surface area contributed by atoms with Crippen LogP contribution in [0.4, 0.5) is 14.5 Å². The highest BCUT2D eigenvalue weighted by Gasteiger charge is 2.31. The molecule has 0 spiro atoms. The Bertz CT molecular complexity index is 574. The number of benzene rings is 1. The second kappa shape index (κ2) is 5.70. The molecular formula is C11H9F2IN4O. The molecule has 5 nitrogen and oxygen atoms in total. The maximum Gasteiger partial charge on any atom is 0.227 e. The van der Waals surface area contributed by atoms with Crippen LogP contribution in [0.2, 0.25) is 0 Å². The second-order valence-electron chi connectivity index (χ2n) is 4.21. The Morgan fingerprint density at radius 2 is 2.16 bits per heavy atom. The van der Waals surface area contributed by atoms with Crippen molar-refractivity contribution in [2.24, 2.45) is 11.0 Å². The smallest absolute Gasteiger partial charge is 0.227 e. The van der Waals surface area contributed by atoms with Crippen LogP contribution >= 0.6 is 22.6 Å². The summed E-state index contributed by atoms with van der Waals surface area (Å²) in [6.45, 7) is 0.567. The van der Waals surface area contributed by atoms with Gasteiger partial charge < -0.3 is 4.90 Å². The maximum absolute atomic E-state index is 13.3. The van der Waals surface area contributed by atoms with Gasteiger partial charge in [-0.25, -0.2) is 8.78 Å². The summed E-state index contributed by atoms with van der Waals surface area (Å²) in [7, 11) is 0. The summed E-state index contributed by atoms with van der Waals surface area (Å²) in [5.74, 6) is -2.19. The van der Waals surface area contributed by atoms with Gasteiger partial charge in [0.05, 0.1) is 5.69 Å². The molecule has 1 aliphatic rings. The number of carbonyl (C=O) groups is 1. The Kier molecular flexibility index (Phi) is 4.20. The molecule has 0 bridgehead atoms. The SMILES string of the molecule is [N-]=[N+]=NCC1CC(=O)N(c2cc(F)c(F)cc2I)C1. The monoisotopic (exact) mass is 378 g/mol. The van der Waals surface area contributed by atoms with Crippen molar-refractivity contribution in [2.75, 3.05) is 18.0 Å². The van der Waals surface area contributed by atoms with Gasteiger partial charge in [-0.3, -0.25) is 4.79 Å². The summed E-state index contributed by atoms with van der Waals surface area (Å²) in [5, 5.41) is 3.44. The topological polar surface area (TPSA) is 69.1 Å². The average molecular weight is 378 g/mol. The fourth-order valence-electron chi connectivity index (χ4n) is 2.01. The first-order valence-electron chi connectivity index (χ1n) is 5.48. The van der Waals surface area contributed by atoms with Crippen LogP contribution in [-0.2, 0) is 4.79 Å². The van der Waals surface area contributed by atoms with Crippen molar-refractivity contribution >= 4 is 34.2 Å². The van der Waals surface area contributed by atoms with Crippen LogP contribution in [0.5, 0.6) is 0 Å². The van der Waals surface area contributed by atoms with Gasteiger partial charge in [0.15, 0.2) is 11.6 Å². The number of anilines is 1. The largest absolute Gasteiger partial charge is 0.311 e. The van der Waals surface area contributed by atoms with Gasteiger partial charge >= 0.3 is 0 Å². The predicted octanol–water partition coefficient (Wildman–Crippen LogP) is 3.23. The van der Waals surface area contributed by atoms with Crippen LogP contribution in [0.15, 0.2) is 17.2 Å². The molecule has 1 aromatic carbocycles. The molecular weight excluding hydrogens is 369 g/mol. The van der Waals surface area contributed by atoms with Gasteiger partial charge in [-0.2, -0.15) is 0 Å². The third-order valence-electron chi connectivity index (χ3n) is 2.89. The first kappa shape index (κ1) is 14.0. The van der Waals surface area contributed by atoms with E-state index in [1.54, 1.807) is 0 Å². The van der Waals surface area contributed by atoms with Gasteiger partial charge in [-0.15, -0.1) is 0 Å². The number of rotatable bonds is 3. The second-order valence-corrected chi connectivity index (χ2v) is 5.37. The molecule has 19 heavy (non-hydrogen) atoms. The first-order chi connectivity index (χ1) is 9.02. The van der Waals surface area contributed by atoms with E-state index in [-0.39, 0.29) is 24.8 Å². The van der Waals surface area contributed by atoms with E-state index in [9.17, 15) is 13.6 Å². The van der Waals surface area contributed by atoms with Crippen molar-refractivity contribution in [1.82, 2.24) is 0 Å². The average Bonchev–Trinajstić information content (AvgIpc) is 2.72. The normalized spacial score (nSPS) is 18.6. The Morgan fingerprint density at radius 1 is 1.47 bits per heavy atom. The molecule has 8 heteroatoms. The van der Waals surface area contributed by atoms with Gasteiger partial charge in [0.1, 0.15) is 0 Å². The van der Waals surface area contributed by atoms with Crippen LogP contribution in [0.3, 0.4) is 0 Å². The standard InChI is InChI=1S/C11H9F2IN4O/c12-7-2-9(14)10(3-8(7)13)18-5-6(1-11(18)19)4-16-17-15/h2-3,6H,1,4-5H2. The van der Waals surface area contributed by atoms with Crippen molar-refractivity contribution < 1.29 is 13.6 Å². The Morgan fingerprint density at radius 3 is 2.84 bits per heavy atom. The van der Waals surface area contributed by atoms with Crippen molar-refractivity contribution in [2.45, 2.75) is 6.42 Å². The van der Waals surface area contributed by atoms with Crippen LogP contribution < -0.4 is 4.90 Å². The summed E-state index contributed by atoms with van der Waals surface area (Å²) in [6.07, 6.45) is 0.244. The molecule has 1 fully saturated rings. The maximum atomic E-state index is 13.3. The Balaban J connectivity index is 2.25. The number of hydrogen-bond donors (Lipinski definition) is 0. The summed E-state index contributed by atoms with van der Waals surface area (Å²) >= 11 is 1.86. The van der Waals surface area contributed by atoms with Gasteiger partial charge in [-0.1, -0.05) is 5.11 Å². The molecule has 1 heterocycles. The lowest BCUT2D eigenvalue weighted by molar-refractivity contribution is -0.117. The molecule has 0 saturated carbocycles. The minimum Gasteiger partial charge on any atom is -0.311 e. The number of nitrogens with zero attached hydrogens (tertiary/aromatic N) is 4. The van der Waals surface area contributed by atoms with Crippen LogP contribution in [0.1, 0.15) is 6.42 Å². The molecule has 2 rings (SSSR count). The molecule has 0 aliphatic carbocycles. The first-order valence-corrected chi connectivity index (χ1v) is 6.56. The summed E-state index contributed by atoms with van der Waals surface area (Å²) < 4.78 is 26.8. The third kappa shape index (κ3) is 2.95. The minimum atomic E-state index is -0.985. The summed E-state index contributed by atoms with van der Waals surface area (Å²) in [5.41, 5.74) is 8.61. The van der Waals surface area contributed by atoms with Crippen molar-refractivity contribution in [1.29, 1.82) is 0 Å². The van der Waals surface area contributed by atoms with Gasteiger partial charge in [0.25, 0.3) is 0 Å². The number of halogens is 3. The van der Waals surface area contributed by atoms with Gasteiger partial charge in [0.2, 0.25) is 5.91 Å². The predicted molar refractivity (Wildman–Crippen MR) is 73.5 cm³/mol. The van der Waals surface area contributed by atoms with Gasteiger partial charge in [-0.05, 0) is 40.1 Å². The van der Waals surface area contributed by atoms with E-state index in [1.807, 2.05) is 22.6 Å². The van der Waals surface area contributed by atoms with E-state index in [0.717, 1.165) is 12.1 Å². The van der Waals surface area contributed by atoms with E-state index in [4.69, 9.17) is 5.53 Å². The number of amides is 1. The van der Waals surface area contributed by atoms with E-state index in [1.165, 1.54) is 4.90 Å². The van der Waals surface area contributed by atoms with E-state index >= 15 is 0 Å². The molecule has 100 valence electrons. The third-order valence-corrected chi connectivity index (χ3v) is 3.75. The molecule has 1 amide bonds. The zero-order valence-corrected chi connectivity index (χ0v) is 11.8. The quantitative estimate of drug-likeness (QED) is 0.262. The molecule has 0 N–H and O–H groups in total. The molecule has 1 saturated heterocycles. The molecule has 0 radical (unpaired) electrons. The highest BCUT2D eigenvalue weighted by Crippen LogP contribution is 2.30. The lowest BCUT2D eigenvalue weighted by Crippen LogP contribution is -2.26. The van der Waals surface area contributed by atoms with Crippen LogP contribution in [-0.4, -0.2) is 19.0 Å². The fraction of sp³-hybridized carbons (Fsp3) is 0.364.